The molecule has 7 heteroatoms. The van der Waals surface area contributed by atoms with E-state index in [0.717, 1.165) is 24.4 Å². The van der Waals surface area contributed by atoms with Gasteiger partial charge in [0.05, 0.1) is 17.9 Å². The summed E-state index contributed by atoms with van der Waals surface area (Å²) < 4.78 is 1.93. The van der Waals surface area contributed by atoms with E-state index in [-0.39, 0.29) is 24.1 Å². The van der Waals surface area contributed by atoms with Crippen molar-refractivity contribution in [3.05, 3.63) is 6.33 Å². The number of hydrogen-bond acceptors (Lipinski definition) is 5. The molecule has 1 saturated carbocycles. The third-order valence-corrected chi connectivity index (χ3v) is 4.40. The number of amides is 1. The number of rotatable bonds is 6. The van der Waals surface area contributed by atoms with Gasteiger partial charge in [-0.1, -0.05) is 11.8 Å². The van der Waals surface area contributed by atoms with Crippen molar-refractivity contribution in [1.82, 2.24) is 20.1 Å². The molecule has 1 fully saturated rings. The number of carbonyl (C=O) groups excluding carboxylic acids is 1. The van der Waals surface area contributed by atoms with Gasteiger partial charge in [0, 0.05) is 6.04 Å². The Morgan fingerprint density at radius 2 is 2.37 bits per heavy atom. The van der Waals surface area contributed by atoms with Crippen LogP contribution in [0.2, 0.25) is 0 Å². The Labute approximate surface area is 117 Å². The molecule has 0 spiro atoms. The van der Waals surface area contributed by atoms with Crippen molar-refractivity contribution in [2.45, 2.75) is 49.8 Å². The third kappa shape index (κ3) is 3.27. The summed E-state index contributed by atoms with van der Waals surface area (Å²) in [6.45, 7) is 4.11. The third-order valence-electron chi connectivity index (χ3n) is 3.45. The number of carbonyl (C=O) groups is 1. The molecule has 0 unspecified atom stereocenters. The van der Waals surface area contributed by atoms with Gasteiger partial charge in [-0.25, -0.2) is 0 Å². The fraction of sp³-hybridized carbons (Fsp3) is 0.750. The van der Waals surface area contributed by atoms with Crippen LogP contribution in [-0.4, -0.2) is 43.7 Å². The summed E-state index contributed by atoms with van der Waals surface area (Å²) in [5, 5.41) is 20.8. The topological polar surface area (TPSA) is 80.0 Å². The summed E-state index contributed by atoms with van der Waals surface area (Å²) in [4.78, 5) is 11.9. The van der Waals surface area contributed by atoms with Gasteiger partial charge in [-0.05, 0) is 33.1 Å². The van der Waals surface area contributed by atoms with Crippen LogP contribution >= 0.6 is 11.8 Å². The van der Waals surface area contributed by atoms with Crippen molar-refractivity contribution in [1.29, 1.82) is 0 Å². The Morgan fingerprint density at radius 3 is 2.89 bits per heavy atom. The van der Waals surface area contributed by atoms with Gasteiger partial charge in [0.25, 0.3) is 0 Å². The van der Waals surface area contributed by atoms with E-state index in [1.807, 2.05) is 18.4 Å². The highest BCUT2D eigenvalue weighted by molar-refractivity contribution is 7.99. The molecule has 0 aromatic carbocycles. The second-order valence-corrected chi connectivity index (χ2v) is 6.19. The lowest BCUT2D eigenvalue weighted by Gasteiger charge is -2.40. The maximum Gasteiger partial charge on any atom is 0.230 e. The van der Waals surface area contributed by atoms with Gasteiger partial charge >= 0.3 is 0 Å². The minimum Gasteiger partial charge on any atom is -0.394 e. The molecule has 106 valence electrons. The van der Waals surface area contributed by atoms with Crippen LogP contribution in [0.15, 0.2) is 11.5 Å². The molecule has 0 bridgehead atoms. The van der Waals surface area contributed by atoms with Crippen LogP contribution in [0, 0.1) is 0 Å². The molecule has 6 nitrogen and oxygen atoms in total. The van der Waals surface area contributed by atoms with Gasteiger partial charge in [-0.2, -0.15) is 0 Å². The Kier molecular flexibility index (Phi) is 4.46. The number of nitrogens with zero attached hydrogens (tertiary/aromatic N) is 3. The lowest BCUT2D eigenvalue weighted by atomic mass is 9.77. The van der Waals surface area contributed by atoms with Crippen molar-refractivity contribution in [3.63, 3.8) is 0 Å². The van der Waals surface area contributed by atoms with E-state index >= 15 is 0 Å². The Hall–Kier alpha value is -1.08. The Balaban J connectivity index is 1.85. The van der Waals surface area contributed by atoms with Gasteiger partial charge in [-0.15, -0.1) is 10.2 Å². The zero-order valence-electron chi connectivity index (χ0n) is 11.3. The molecule has 1 aliphatic rings. The first-order valence-corrected chi connectivity index (χ1v) is 7.49. The summed E-state index contributed by atoms with van der Waals surface area (Å²) >= 11 is 1.37. The molecule has 1 heterocycles. The fourth-order valence-electron chi connectivity index (χ4n) is 2.08. The lowest BCUT2D eigenvalue weighted by molar-refractivity contribution is -0.122. The highest BCUT2D eigenvalue weighted by Crippen LogP contribution is 2.31. The summed E-state index contributed by atoms with van der Waals surface area (Å²) in [5.74, 6) is 0.240. The number of thioether (sulfide) groups is 1. The molecule has 1 amide bonds. The van der Waals surface area contributed by atoms with E-state index in [0.29, 0.717) is 5.75 Å². The molecule has 2 N–H and O–H groups in total. The molecule has 2 rings (SSSR count). The molecule has 0 aliphatic heterocycles. The number of aromatic nitrogens is 3. The zero-order valence-corrected chi connectivity index (χ0v) is 12.1. The largest absolute Gasteiger partial charge is 0.394 e. The van der Waals surface area contributed by atoms with Gasteiger partial charge < -0.3 is 15.0 Å². The fourth-order valence-corrected chi connectivity index (χ4v) is 2.92. The van der Waals surface area contributed by atoms with Crippen LogP contribution in [0.4, 0.5) is 0 Å². The van der Waals surface area contributed by atoms with Crippen molar-refractivity contribution in [2.24, 2.45) is 0 Å². The van der Waals surface area contributed by atoms with Crippen molar-refractivity contribution < 1.29 is 9.90 Å². The van der Waals surface area contributed by atoms with Gasteiger partial charge in [0.15, 0.2) is 5.16 Å². The van der Waals surface area contributed by atoms with Crippen LogP contribution < -0.4 is 5.32 Å². The number of hydrogen-bond donors (Lipinski definition) is 2. The van der Waals surface area contributed by atoms with Crippen LogP contribution in [0.1, 0.15) is 39.2 Å². The maximum atomic E-state index is 11.9. The van der Waals surface area contributed by atoms with Crippen LogP contribution in [0.25, 0.3) is 0 Å². The summed E-state index contributed by atoms with van der Waals surface area (Å²) in [5.41, 5.74) is -0.372. The quantitative estimate of drug-likeness (QED) is 0.761. The predicted molar refractivity (Wildman–Crippen MR) is 72.9 cm³/mol. The number of aliphatic hydroxyl groups excluding tert-OH is 1. The second kappa shape index (κ2) is 5.92. The van der Waals surface area contributed by atoms with Gasteiger partial charge in [-0.3, -0.25) is 4.79 Å². The molecular weight excluding hydrogens is 264 g/mol. The first kappa shape index (κ1) is 14.3. The standard InChI is InChI=1S/C12H20N4O2S/c1-9(2)16-8-13-15-11(16)19-6-10(18)14-12(7-17)4-3-5-12/h8-9,17H,3-7H2,1-2H3,(H,14,18). The van der Waals surface area contributed by atoms with E-state index in [9.17, 15) is 9.90 Å². The molecule has 1 aromatic rings. The number of aliphatic hydroxyl groups is 1. The van der Waals surface area contributed by atoms with Gasteiger partial charge in [0.1, 0.15) is 6.33 Å². The first-order valence-electron chi connectivity index (χ1n) is 6.50. The van der Waals surface area contributed by atoms with Crippen LogP contribution in [-0.2, 0) is 4.79 Å². The molecule has 1 aromatic heterocycles. The van der Waals surface area contributed by atoms with E-state index < -0.39 is 0 Å². The Bertz CT molecular complexity index is 437. The summed E-state index contributed by atoms with van der Waals surface area (Å²) in [7, 11) is 0. The minimum atomic E-state index is -0.372. The normalized spacial score (nSPS) is 17.3. The average molecular weight is 284 g/mol. The van der Waals surface area contributed by atoms with Crippen LogP contribution in [0.3, 0.4) is 0 Å². The average Bonchev–Trinajstić information content (AvgIpc) is 2.79. The van der Waals surface area contributed by atoms with Gasteiger partial charge in [0.2, 0.25) is 5.91 Å². The molecule has 19 heavy (non-hydrogen) atoms. The molecule has 0 saturated heterocycles. The molecule has 1 aliphatic carbocycles. The minimum absolute atomic E-state index is 0.0194. The van der Waals surface area contributed by atoms with Crippen molar-refractivity contribution >= 4 is 17.7 Å². The molecule has 0 atom stereocenters. The maximum absolute atomic E-state index is 11.9. The highest BCUT2D eigenvalue weighted by atomic mass is 32.2. The molecule has 0 radical (unpaired) electrons. The Morgan fingerprint density at radius 1 is 1.63 bits per heavy atom. The first-order chi connectivity index (χ1) is 9.06. The lowest BCUT2D eigenvalue weighted by Crippen LogP contribution is -2.56. The summed E-state index contributed by atoms with van der Waals surface area (Å²) in [6, 6.07) is 0.274. The number of nitrogens with one attached hydrogen (secondary N) is 1. The smallest absolute Gasteiger partial charge is 0.230 e. The summed E-state index contributed by atoms with van der Waals surface area (Å²) in [6.07, 6.45) is 4.46. The van der Waals surface area contributed by atoms with E-state index in [1.54, 1.807) is 6.33 Å². The predicted octanol–water partition coefficient (Wildman–Crippen LogP) is 0.982. The van der Waals surface area contributed by atoms with E-state index in [4.69, 9.17) is 0 Å². The second-order valence-electron chi connectivity index (χ2n) is 5.24. The molecular formula is C12H20N4O2S. The monoisotopic (exact) mass is 284 g/mol. The van der Waals surface area contributed by atoms with Crippen molar-refractivity contribution in [3.8, 4) is 0 Å². The zero-order chi connectivity index (χ0) is 13.9. The van der Waals surface area contributed by atoms with Crippen molar-refractivity contribution in [2.75, 3.05) is 12.4 Å². The SMILES string of the molecule is CC(C)n1cnnc1SCC(=O)NC1(CO)CCC1. The highest BCUT2D eigenvalue weighted by Gasteiger charge is 2.37. The van der Waals surface area contributed by atoms with E-state index in [2.05, 4.69) is 15.5 Å². The van der Waals surface area contributed by atoms with E-state index in [1.165, 1.54) is 11.8 Å². The van der Waals surface area contributed by atoms with Crippen LogP contribution in [0.5, 0.6) is 0 Å².